The van der Waals surface area contributed by atoms with Crippen LogP contribution < -0.4 is 5.56 Å². The molecule has 0 aliphatic carbocycles. The van der Waals surface area contributed by atoms with Crippen molar-refractivity contribution in [1.82, 2.24) is 14.9 Å². The average Bonchev–Trinajstić information content (AvgIpc) is 2.65. The van der Waals surface area contributed by atoms with E-state index in [1.54, 1.807) is 11.8 Å². The molecule has 1 aromatic heterocycles. The molecule has 0 bridgehead atoms. The summed E-state index contributed by atoms with van der Waals surface area (Å²) in [6.45, 7) is 9.47. The normalized spacial score (nSPS) is 18.1. The van der Waals surface area contributed by atoms with E-state index in [9.17, 15) is 9.59 Å². The minimum absolute atomic E-state index is 0.162. The fourth-order valence-corrected chi connectivity index (χ4v) is 2.48. The molecule has 20 heavy (non-hydrogen) atoms. The van der Waals surface area contributed by atoms with Gasteiger partial charge in [-0.3, -0.25) is 9.69 Å². The first-order valence-corrected chi connectivity index (χ1v) is 6.82. The molecule has 1 N–H and O–H groups in total. The van der Waals surface area contributed by atoms with Crippen molar-refractivity contribution < 1.29 is 9.53 Å². The summed E-state index contributed by atoms with van der Waals surface area (Å²) in [5.74, 6) is 0.564. The van der Waals surface area contributed by atoms with Crippen LogP contribution in [-0.2, 0) is 11.3 Å². The Balaban J connectivity index is 2.34. The van der Waals surface area contributed by atoms with Crippen LogP contribution in [0.15, 0.2) is 4.79 Å². The lowest BCUT2D eigenvalue weighted by Gasteiger charge is -2.27. The minimum Gasteiger partial charge on any atom is -0.444 e. The maximum atomic E-state index is 12.3. The summed E-state index contributed by atoms with van der Waals surface area (Å²) in [5.41, 5.74) is 0.540. The first-order valence-electron chi connectivity index (χ1n) is 6.82. The Kier molecular flexibility index (Phi) is 3.58. The Morgan fingerprint density at radius 2 is 2.15 bits per heavy atom. The van der Waals surface area contributed by atoms with Crippen LogP contribution in [0.25, 0.3) is 0 Å². The number of hydrogen-bond donors (Lipinski definition) is 1. The van der Waals surface area contributed by atoms with E-state index in [1.807, 2.05) is 27.7 Å². The first-order chi connectivity index (χ1) is 9.23. The largest absolute Gasteiger partial charge is 0.444 e. The van der Waals surface area contributed by atoms with Gasteiger partial charge < -0.3 is 9.72 Å². The molecule has 110 valence electrons. The van der Waals surface area contributed by atoms with Crippen molar-refractivity contribution in [3.63, 3.8) is 0 Å². The SMILES string of the molecule is CCC1c2c(nc(C)[nH]c2=O)CN1C(=O)OC(C)(C)C. The third kappa shape index (κ3) is 2.69. The molecule has 1 aliphatic heterocycles. The van der Waals surface area contributed by atoms with Crippen molar-refractivity contribution in [2.24, 2.45) is 0 Å². The van der Waals surface area contributed by atoms with Crippen molar-refractivity contribution in [3.05, 3.63) is 27.4 Å². The smallest absolute Gasteiger partial charge is 0.411 e. The van der Waals surface area contributed by atoms with Gasteiger partial charge in [-0.2, -0.15) is 0 Å². The lowest BCUT2D eigenvalue weighted by Crippen LogP contribution is -2.36. The van der Waals surface area contributed by atoms with Crippen molar-refractivity contribution in [1.29, 1.82) is 0 Å². The second-order valence-electron chi connectivity index (χ2n) is 6.04. The van der Waals surface area contributed by atoms with Crippen LogP contribution >= 0.6 is 0 Å². The van der Waals surface area contributed by atoms with Crippen molar-refractivity contribution in [3.8, 4) is 0 Å². The zero-order chi connectivity index (χ0) is 15.1. The van der Waals surface area contributed by atoms with Crippen LogP contribution in [0.2, 0.25) is 0 Å². The molecule has 2 rings (SSSR count). The Bertz CT molecular complexity index is 586. The van der Waals surface area contributed by atoms with Crippen LogP contribution in [0.1, 0.15) is 57.2 Å². The fourth-order valence-electron chi connectivity index (χ4n) is 2.48. The highest BCUT2D eigenvalue weighted by Crippen LogP contribution is 2.33. The molecule has 1 amide bonds. The van der Waals surface area contributed by atoms with Crippen LogP contribution in [-0.4, -0.2) is 26.6 Å². The van der Waals surface area contributed by atoms with Crippen molar-refractivity contribution in [2.75, 3.05) is 0 Å². The average molecular weight is 279 g/mol. The number of rotatable bonds is 1. The number of ether oxygens (including phenoxy) is 1. The van der Waals surface area contributed by atoms with E-state index in [0.29, 0.717) is 30.0 Å². The number of aromatic nitrogens is 2. The highest BCUT2D eigenvalue weighted by molar-refractivity contribution is 5.70. The molecular weight excluding hydrogens is 258 g/mol. The number of carbonyl (C=O) groups excluding carboxylic acids is 1. The molecule has 1 atom stereocenters. The maximum absolute atomic E-state index is 12.3. The maximum Gasteiger partial charge on any atom is 0.411 e. The highest BCUT2D eigenvalue weighted by Gasteiger charge is 2.38. The standard InChI is InChI=1S/C14H21N3O3/c1-6-10-11-9(15-8(2)16-12(11)18)7-17(10)13(19)20-14(3,4)5/h10H,6-7H2,1-5H3,(H,15,16,18). The van der Waals surface area contributed by atoms with Crippen LogP contribution in [0.4, 0.5) is 4.79 Å². The van der Waals surface area contributed by atoms with Gasteiger partial charge in [0.1, 0.15) is 11.4 Å². The van der Waals surface area contributed by atoms with Gasteiger partial charge in [-0.1, -0.05) is 6.92 Å². The number of carbonyl (C=O) groups is 1. The number of fused-ring (bicyclic) bond motifs is 1. The third-order valence-electron chi connectivity index (χ3n) is 3.20. The van der Waals surface area contributed by atoms with E-state index in [-0.39, 0.29) is 11.6 Å². The molecule has 6 heteroatoms. The van der Waals surface area contributed by atoms with Crippen LogP contribution in [0.5, 0.6) is 0 Å². The van der Waals surface area contributed by atoms with E-state index in [2.05, 4.69) is 9.97 Å². The van der Waals surface area contributed by atoms with Gasteiger partial charge in [-0.05, 0) is 34.1 Å². The summed E-state index contributed by atoms with van der Waals surface area (Å²) in [6, 6.07) is -0.267. The number of nitrogens with one attached hydrogen (secondary N) is 1. The van der Waals surface area contributed by atoms with Gasteiger partial charge >= 0.3 is 6.09 Å². The van der Waals surface area contributed by atoms with Crippen LogP contribution in [0.3, 0.4) is 0 Å². The molecule has 1 aromatic rings. The fraction of sp³-hybridized carbons (Fsp3) is 0.643. The Hall–Kier alpha value is -1.85. The molecular formula is C14H21N3O3. The second kappa shape index (κ2) is 4.92. The number of H-pyrrole nitrogens is 1. The van der Waals surface area contributed by atoms with Gasteiger partial charge in [0.05, 0.1) is 23.8 Å². The number of nitrogens with zero attached hydrogens (tertiary/aromatic N) is 2. The summed E-state index contributed by atoms with van der Waals surface area (Å²) < 4.78 is 5.40. The number of amides is 1. The molecule has 0 fully saturated rings. The Morgan fingerprint density at radius 3 is 2.70 bits per heavy atom. The van der Waals surface area contributed by atoms with Crippen molar-refractivity contribution in [2.45, 2.75) is 59.2 Å². The molecule has 1 unspecified atom stereocenters. The second-order valence-corrected chi connectivity index (χ2v) is 6.04. The molecule has 0 radical (unpaired) electrons. The number of aryl methyl sites for hydroxylation is 1. The predicted octanol–water partition coefficient (Wildman–Crippen LogP) is 2.28. The minimum atomic E-state index is -0.556. The lowest BCUT2D eigenvalue weighted by molar-refractivity contribution is 0.0167. The lowest BCUT2D eigenvalue weighted by atomic mass is 10.1. The van der Waals surface area contributed by atoms with Gasteiger partial charge in [-0.25, -0.2) is 9.78 Å². The summed E-state index contributed by atoms with van der Waals surface area (Å²) in [4.78, 5) is 33.0. The quantitative estimate of drug-likeness (QED) is 0.855. The van der Waals surface area contributed by atoms with Gasteiger partial charge in [-0.15, -0.1) is 0 Å². The predicted molar refractivity (Wildman–Crippen MR) is 74.4 cm³/mol. The van der Waals surface area contributed by atoms with E-state index in [0.717, 1.165) is 0 Å². The van der Waals surface area contributed by atoms with E-state index >= 15 is 0 Å². The molecule has 0 spiro atoms. The molecule has 0 saturated carbocycles. The van der Waals surface area contributed by atoms with Crippen LogP contribution in [0, 0.1) is 6.92 Å². The summed E-state index contributed by atoms with van der Waals surface area (Å²) in [6.07, 6.45) is 0.250. The zero-order valence-corrected chi connectivity index (χ0v) is 12.6. The van der Waals surface area contributed by atoms with Gasteiger partial charge in [0.25, 0.3) is 5.56 Å². The number of hydrogen-bond acceptors (Lipinski definition) is 4. The third-order valence-corrected chi connectivity index (χ3v) is 3.20. The molecule has 2 heterocycles. The molecule has 0 aromatic carbocycles. The highest BCUT2D eigenvalue weighted by atomic mass is 16.6. The van der Waals surface area contributed by atoms with Gasteiger partial charge in [0, 0.05) is 0 Å². The first kappa shape index (κ1) is 14.6. The van der Waals surface area contributed by atoms with Crippen molar-refractivity contribution >= 4 is 6.09 Å². The zero-order valence-electron chi connectivity index (χ0n) is 12.6. The summed E-state index contributed by atoms with van der Waals surface area (Å²) in [5, 5.41) is 0. The Morgan fingerprint density at radius 1 is 1.50 bits per heavy atom. The molecule has 6 nitrogen and oxygen atoms in total. The monoisotopic (exact) mass is 279 g/mol. The van der Waals surface area contributed by atoms with Gasteiger partial charge in [0.15, 0.2) is 0 Å². The van der Waals surface area contributed by atoms with E-state index in [4.69, 9.17) is 4.74 Å². The van der Waals surface area contributed by atoms with E-state index < -0.39 is 11.7 Å². The van der Waals surface area contributed by atoms with Gasteiger partial charge in [0.2, 0.25) is 0 Å². The molecule has 0 saturated heterocycles. The Labute approximate surface area is 118 Å². The topological polar surface area (TPSA) is 75.3 Å². The summed E-state index contributed by atoms with van der Waals surface area (Å²) in [7, 11) is 0. The number of aromatic amines is 1. The molecule has 1 aliphatic rings. The summed E-state index contributed by atoms with van der Waals surface area (Å²) >= 11 is 0. The van der Waals surface area contributed by atoms with E-state index in [1.165, 1.54) is 0 Å².